The molecule has 0 radical (unpaired) electrons. The highest BCUT2D eigenvalue weighted by Crippen LogP contribution is 2.19. The molecule has 0 rings (SSSR count). The van der Waals surface area contributed by atoms with Crippen molar-refractivity contribution in [3.8, 4) is 0 Å². The molecule has 0 saturated carbocycles. The predicted octanol–water partition coefficient (Wildman–Crippen LogP) is 10.2. The first-order valence-corrected chi connectivity index (χ1v) is 16.3. The minimum absolute atomic E-state index is 0.272. The lowest BCUT2D eigenvalue weighted by Gasteiger charge is -2.39. The fraction of sp³-hybridized carbons (Fsp3) is 0.909. The van der Waals surface area contributed by atoms with E-state index >= 15 is 0 Å². The van der Waals surface area contributed by atoms with Crippen LogP contribution in [0.4, 0.5) is 0 Å². The number of unbranched alkanes of at least 4 members (excludes halogenated alkanes) is 19. The molecule has 0 unspecified atom stereocenters. The molecular weight excluding hydrogens is 442 g/mol. The van der Waals surface area contributed by atoms with Gasteiger partial charge in [0.15, 0.2) is 0 Å². The molecule has 0 aromatic carbocycles. The van der Waals surface area contributed by atoms with Gasteiger partial charge in [-0.15, -0.1) is 0 Å². The van der Waals surface area contributed by atoms with Crippen LogP contribution >= 0.6 is 0 Å². The largest absolute Gasteiger partial charge is 0.457 e. The molecule has 36 heavy (non-hydrogen) atoms. The first-order chi connectivity index (χ1) is 17.6. The van der Waals surface area contributed by atoms with Gasteiger partial charge in [0.2, 0.25) is 0 Å². The zero-order valence-electron chi connectivity index (χ0n) is 25.1. The molecule has 0 aromatic heterocycles. The van der Waals surface area contributed by atoms with Gasteiger partial charge >= 0.3 is 5.97 Å². The Morgan fingerprint density at radius 3 is 1.14 bits per heavy atom. The monoisotopic (exact) mass is 509 g/mol. The van der Waals surface area contributed by atoms with Gasteiger partial charge in [-0.1, -0.05) is 130 Å². The van der Waals surface area contributed by atoms with E-state index in [2.05, 4.69) is 27.4 Å². The fourth-order valence-electron chi connectivity index (χ4n) is 5.46. The summed E-state index contributed by atoms with van der Waals surface area (Å²) in [6.45, 7) is 15.7. The Hall–Kier alpha value is -0.830. The van der Waals surface area contributed by atoms with Crippen LogP contribution in [0.1, 0.15) is 162 Å². The zero-order valence-corrected chi connectivity index (χ0v) is 25.1. The van der Waals surface area contributed by atoms with Crippen LogP contribution in [0.2, 0.25) is 0 Å². The Kier molecular flexibility index (Phi) is 26.6. The van der Waals surface area contributed by atoms with E-state index in [1.165, 1.54) is 167 Å². The average Bonchev–Trinajstić information content (AvgIpc) is 2.89. The van der Waals surface area contributed by atoms with E-state index < -0.39 is 0 Å². The van der Waals surface area contributed by atoms with Gasteiger partial charge in [-0.3, -0.25) is 0 Å². The number of hydrogen-bond acceptors (Lipinski definition) is 2. The molecule has 0 aliphatic heterocycles. The zero-order chi connectivity index (χ0) is 26.6. The summed E-state index contributed by atoms with van der Waals surface area (Å²) in [5, 5.41) is 0. The van der Waals surface area contributed by atoms with E-state index in [0.29, 0.717) is 6.61 Å². The highest BCUT2D eigenvalue weighted by Gasteiger charge is 2.26. The normalized spacial score (nSPS) is 11.6. The highest BCUT2D eigenvalue weighted by molar-refractivity contribution is 5.81. The van der Waals surface area contributed by atoms with Gasteiger partial charge in [0, 0.05) is 6.08 Å². The molecule has 0 spiro atoms. The first-order valence-electron chi connectivity index (χ1n) is 16.3. The second kappa shape index (κ2) is 27.2. The Morgan fingerprint density at radius 1 is 0.528 bits per heavy atom. The van der Waals surface area contributed by atoms with Crippen molar-refractivity contribution in [1.29, 1.82) is 0 Å². The third kappa shape index (κ3) is 22.4. The fourth-order valence-corrected chi connectivity index (χ4v) is 5.46. The molecule has 0 atom stereocenters. The summed E-state index contributed by atoms with van der Waals surface area (Å²) in [4.78, 5) is 11.7. The second-order valence-electron chi connectivity index (χ2n) is 11.3. The van der Waals surface area contributed by atoms with Gasteiger partial charge in [-0.05, 0) is 38.5 Å². The predicted molar refractivity (Wildman–Crippen MR) is 159 cm³/mol. The van der Waals surface area contributed by atoms with Gasteiger partial charge in [0.25, 0.3) is 0 Å². The van der Waals surface area contributed by atoms with Crippen molar-refractivity contribution in [3.05, 3.63) is 12.7 Å². The quantitative estimate of drug-likeness (QED) is 0.0434. The summed E-state index contributed by atoms with van der Waals surface area (Å²) < 4.78 is 6.65. The smallest absolute Gasteiger partial charge is 0.330 e. The topological polar surface area (TPSA) is 26.3 Å². The van der Waals surface area contributed by atoms with E-state index in [1.807, 2.05) is 0 Å². The minimum atomic E-state index is -0.272. The van der Waals surface area contributed by atoms with Gasteiger partial charge in [0.05, 0.1) is 19.6 Å². The molecule has 0 heterocycles. The Labute approximate surface area is 227 Å². The van der Waals surface area contributed by atoms with Crippen LogP contribution in [0.25, 0.3) is 0 Å². The molecule has 3 nitrogen and oxygen atoms in total. The van der Waals surface area contributed by atoms with E-state index in [4.69, 9.17) is 4.74 Å². The van der Waals surface area contributed by atoms with Crippen molar-refractivity contribution >= 4 is 5.97 Å². The van der Waals surface area contributed by atoms with E-state index in [-0.39, 0.29) is 5.97 Å². The molecule has 214 valence electrons. The van der Waals surface area contributed by atoms with Crippen molar-refractivity contribution < 1.29 is 14.0 Å². The average molecular weight is 509 g/mol. The lowest BCUT2D eigenvalue weighted by molar-refractivity contribution is -0.929. The van der Waals surface area contributed by atoms with Crippen LogP contribution in [0.5, 0.6) is 0 Å². The number of rotatable bonds is 29. The van der Waals surface area contributed by atoms with Crippen LogP contribution < -0.4 is 0 Å². The molecule has 0 bridgehead atoms. The maximum absolute atomic E-state index is 11.7. The van der Waals surface area contributed by atoms with Crippen LogP contribution in [0, 0.1) is 0 Å². The van der Waals surface area contributed by atoms with Crippen LogP contribution in [-0.4, -0.2) is 43.2 Å². The molecule has 0 amide bonds. The molecule has 0 fully saturated rings. The van der Waals surface area contributed by atoms with Gasteiger partial charge in [-0.2, -0.15) is 0 Å². The molecule has 0 saturated heterocycles. The number of quaternary nitrogens is 1. The third-order valence-electron chi connectivity index (χ3n) is 7.93. The summed E-state index contributed by atoms with van der Waals surface area (Å²) in [7, 11) is 0. The lowest BCUT2D eigenvalue weighted by atomic mass is 10.0. The van der Waals surface area contributed by atoms with Crippen molar-refractivity contribution in [3.63, 3.8) is 0 Å². The van der Waals surface area contributed by atoms with E-state index in [0.717, 1.165) is 11.0 Å². The molecular formula is C33H66NO2+. The molecule has 0 N–H and O–H groups in total. The number of carbonyl (C=O) groups is 1. The van der Waals surface area contributed by atoms with E-state index in [1.54, 1.807) is 0 Å². The highest BCUT2D eigenvalue weighted by atomic mass is 16.5. The van der Waals surface area contributed by atoms with Gasteiger partial charge in [-0.25, -0.2) is 4.79 Å². The van der Waals surface area contributed by atoms with Gasteiger partial charge in [0.1, 0.15) is 13.2 Å². The summed E-state index contributed by atoms with van der Waals surface area (Å²) in [6, 6.07) is 0. The Morgan fingerprint density at radius 2 is 0.833 bits per heavy atom. The number of esters is 1. The van der Waals surface area contributed by atoms with Crippen LogP contribution in [0.3, 0.4) is 0 Å². The van der Waals surface area contributed by atoms with E-state index in [9.17, 15) is 4.79 Å². The number of nitrogens with zero attached hydrogens (tertiary/aromatic N) is 1. The first kappa shape index (κ1) is 35.2. The standard InChI is InChI=1S/C33H66NO2/c1-5-9-12-15-18-19-20-21-24-27-30-34(31-32-36-33(35)8-4,28-25-22-16-13-10-6-2)29-26-23-17-14-11-7-3/h8H,4-7,9-32H2,1-3H3/q+1. The Bertz CT molecular complexity index is 460. The number of carbonyl (C=O) groups excluding carboxylic acids is 1. The van der Waals surface area contributed by atoms with Crippen molar-refractivity contribution in [2.75, 3.05) is 32.8 Å². The molecule has 0 aliphatic rings. The summed E-state index contributed by atoms with van der Waals surface area (Å²) in [6.07, 6.45) is 31.4. The third-order valence-corrected chi connectivity index (χ3v) is 7.93. The molecule has 0 aliphatic carbocycles. The lowest BCUT2D eigenvalue weighted by Crippen LogP contribution is -2.52. The summed E-state index contributed by atoms with van der Waals surface area (Å²) in [5.41, 5.74) is 0. The minimum Gasteiger partial charge on any atom is -0.457 e. The van der Waals surface area contributed by atoms with Crippen molar-refractivity contribution in [2.24, 2.45) is 0 Å². The molecule has 3 heteroatoms. The maximum Gasteiger partial charge on any atom is 0.330 e. The van der Waals surface area contributed by atoms with Crippen molar-refractivity contribution in [1.82, 2.24) is 0 Å². The molecule has 0 aromatic rings. The summed E-state index contributed by atoms with van der Waals surface area (Å²) in [5.74, 6) is -0.272. The SMILES string of the molecule is C=CC(=O)OCC[N+](CCCCCCCC)(CCCCCCCC)CCCCCCCCCCCC. The summed E-state index contributed by atoms with van der Waals surface area (Å²) >= 11 is 0. The maximum atomic E-state index is 11.7. The van der Waals surface area contributed by atoms with Crippen molar-refractivity contribution in [2.45, 2.75) is 162 Å². The van der Waals surface area contributed by atoms with Gasteiger partial charge < -0.3 is 9.22 Å². The van der Waals surface area contributed by atoms with Crippen LogP contribution in [0.15, 0.2) is 12.7 Å². The number of hydrogen-bond donors (Lipinski definition) is 0. The second-order valence-corrected chi connectivity index (χ2v) is 11.3. The number of ether oxygens (including phenoxy) is 1. The van der Waals surface area contributed by atoms with Crippen LogP contribution in [-0.2, 0) is 9.53 Å². The Balaban J connectivity index is 4.73.